The van der Waals surface area contributed by atoms with Crippen LogP contribution in [0.5, 0.6) is 11.5 Å². The first kappa shape index (κ1) is 26.5. The molecule has 3 nitrogen and oxygen atoms in total. The van der Waals surface area contributed by atoms with E-state index in [2.05, 4.69) is 74.5 Å². The second kappa shape index (κ2) is 12.6. The molecule has 0 aliphatic carbocycles. The molecule has 1 heterocycles. The second-order valence-electron chi connectivity index (χ2n) is 10.3. The topological polar surface area (TPSA) is 35.5 Å². The van der Waals surface area contributed by atoms with Gasteiger partial charge in [0.25, 0.3) is 0 Å². The lowest BCUT2D eigenvalue weighted by atomic mass is 9.95. The molecule has 0 radical (unpaired) electrons. The third-order valence-electron chi connectivity index (χ3n) is 7.50. The zero-order chi connectivity index (χ0) is 26.3. The molecule has 5 aromatic rings. The minimum atomic E-state index is -0.743. The fraction of sp³-hybridized carbons (Fsp3) is 0.353. The highest BCUT2D eigenvalue weighted by atomic mass is 32.2. The van der Waals surface area contributed by atoms with E-state index in [4.69, 9.17) is 9.47 Å². The molecule has 0 N–H and O–H groups in total. The van der Waals surface area contributed by atoms with Crippen LogP contribution < -0.4 is 9.47 Å². The Balaban J connectivity index is 0.000000161. The Kier molecular flexibility index (Phi) is 8.80. The monoisotopic (exact) mass is 526 g/mol. The van der Waals surface area contributed by atoms with Crippen LogP contribution in [0.3, 0.4) is 0 Å². The summed E-state index contributed by atoms with van der Waals surface area (Å²) in [4.78, 5) is 0. The van der Waals surface area contributed by atoms with Gasteiger partial charge >= 0.3 is 0 Å². The molecule has 5 aromatic carbocycles. The van der Waals surface area contributed by atoms with Crippen molar-refractivity contribution in [3.05, 3.63) is 84.4 Å². The van der Waals surface area contributed by atoms with Gasteiger partial charge in [-0.25, -0.2) is 0 Å². The number of ether oxygens (including phenoxy) is 2. The van der Waals surface area contributed by atoms with Crippen LogP contribution in [0, 0.1) is 0 Å². The molecule has 0 saturated heterocycles. The van der Waals surface area contributed by atoms with Crippen LogP contribution in [-0.4, -0.2) is 22.0 Å². The van der Waals surface area contributed by atoms with Gasteiger partial charge in [0.05, 0.1) is 0 Å². The lowest BCUT2D eigenvalue weighted by molar-refractivity contribution is 0.174. The minimum absolute atomic E-state index is 0.191. The summed E-state index contributed by atoms with van der Waals surface area (Å²) in [5.41, 5.74) is 1.17. The van der Waals surface area contributed by atoms with Gasteiger partial charge < -0.3 is 9.47 Å². The molecule has 198 valence electrons. The van der Waals surface area contributed by atoms with E-state index in [-0.39, 0.29) is 5.25 Å². The normalized spacial score (nSPS) is 14.1. The van der Waals surface area contributed by atoms with Crippen LogP contribution in [0.15, 0.2) is 78.9 Å². The summed E-state index contributed by atoms with van der Waals surface area (Å²) in [5, 5.41) is 8.33. The van der Waals surface area contributed by atoms with Gasteiger partial charge in [0.2, 0.25) is 6.79 Å². The van der Waals surface area contributed by atoms with Crippen LogP contribution in [0.25, 0.3) is 32.3 Å². The van der Waals surface area contributed by atoms with Crippen molar-refractivity contribution in [1.29, 1.82) is 0 Å². The number of benzene rings is 5. The van der Waals surface area contributed by atoms with Gasteiger partial charge in [-0.15, -0.1) is 0 Å². The van der Waals surface area contributed by atoms with E-state index in [1.807, 2.05) is 18.2 Å². The number of unbranched alkanes of at least 4 members (excludes halogenated alkanes) is 5. The van der Waals surface area contributed by atoms with Gasteiger partial charge in [0.15, 0.2) is 11.5 Å². The number of hydrogen-bond acceptors (Lipinski definition) is 3. The maximum atomic E-state index is 12.3. The van der Waals surface area contributed by atoms with Gasteiger partial charge in [-0.05, 0) is 62.9 Å². The van der Waals surface area contributed by atoms with E-state index in [1.165, 1.54) is 70.0 Å². The largest absolute Gasteiger partial charge is 0.454 e. The van der Waals surface area contributed by atoms with Crippen LogP contribution in [-0.2, 0) is 17.2 Å². The zero-order valence-electron chi connectivity index (χ0n) is 22.6. The summed E-state index contributed by atoms with van der Waals surface area (Å²) in [5.74, 6) is 2.45. The predicted octanol–water partition coefficient (Wildman–Crippen LogP) is 9.04. The average molecular weight is 527 g/mol. The molecule has 0 bridgehead atoms. The van der Waals surface area contributed by atoms with Gasteiger partial charge in [-0.2, -0.15) is 0 Å². The molecule has 0 amide bonds. The van der Waals surface area contributed by atoms with Crippen LogP contribution >= 0.6 is 0 Å². The molecule has 0 aromatic heterocycles. The molecule has 6 rings (SSSR count). The van der Waals surface area contributed by atoms with Crippen molar-refractivity contribution in [3.63, 3.8) is 0 Å². The van der Waals surface area contributed by atoms with Gasteiger partial charge in [0.1, 0.15) is 0 Å². The Bertz CT molecular complexity index is 1380. The van der Waals surface area contributed by atoms with Crippen LogP contribution in [0.4, 0.5) is 0 Å². The van der Waals surface area contributed by atoms with Gasteiger partial charge in [-0.1, -0.05) is 113 Å². The molecule has 0 fully saturated rings. The third-order valence-corrected chi connectivity index (χ3v) is 9.26. The lowest BCUT2D eigenvalue weighted by Crippen LogP contribution is -2.16. The standard InChI is InChI=1S/C18H28O3S.C16H10/c1-3-4-5-6-7-8-11-22(19)15(2)12-16-9-10-17-18(13-16)21-14-20-17;1-3-11-7-9-13-5-2-6-14-10-8-12(4-1)15(11)16(13)14/h9-10,13,15H,3-8,11-12,14H2,1-2H3;1-10H. The number of rotatable bonds is 10. The van der Waals surface area contributed by atoms with E-state index < -0.39 is 10.8 Å². The smallest absolute Gasteiger partial charge is 0.231 e. The Labute approximate surface area is 228 Å². The maximum Gasteiger partial charge on any atom is 0.231 e. The van der Waals surface area contributed by atoms with Crippen molar-refractivity contribution in [2.45, 2.75) is 64.0 Å². The summed E-state index contributed by atoms with van der Waals surface area (Å²) < 4.78 is 23.0. The minimum Gasteiger partial charge on any atom is -0.454 e. The van der Waals surface area contributed by atoms with Crippen molar-refractivity contribution < 1.29 is 13.7 Å². The Hall–Kier alpha value is -3.11. The lowest BCUT2D eigenvalue weighted by Gasteiger charge is -2.12. The third kappa shape index (κ3) is 6.13. The van der Waals surface area contributed by atoms with E-state index >= 15 is 0 Å². The van der Waals surface area contributed by atoms with Crippen molar-refractivity contribution in [1.82, 2.24) is 0 Å². The summed E-state index contributed by atoms with van der Waals surface area (Å²) >= 11 is 0. The first-order valence-electron chi connectivity index (χ1n) is 14.0. The highest BCUT2D eigenvalue weighted by Crippen LogP contribution is 2.34. The van der Waals surface area contributed by atoms with E-state index in [9.17, 15) is 4.21 Å². The van der Waals surface area contributed by atoms with Crippen molar-refractivity contribution in [2.24, 2.45) is 0 Å². The quantitative estimate of drug-likeness (QED) is 0.134. The Morgan fingerprint density at radius 3 is 1.87 bits per heavy atom. The number of hydrogen-bond donors (Lipinski definition) is 0. The zero-order valence-corrected chi connectivity index (χ0v) is 23.4. The summed E-state index contributed by atoms with van der Waals surface area (Å²) in [6.45, 7) is 4.61. The second-order valence-corrected chi connectivity index (χ2v) is 12.3. The molecule has 1 aliphatic rings. The van der Waals surface area contributed by atoms with Crippen molar-refractivity contribution >= 4 is 43.1 Å². The Morgan fingerprint density at radius 1 is 0.711 bits per heavy atom. The molecular weight excluding hydrogens is 488 g/mol. The summed E-state index contributed by atoms with van der Waals surface area (Å²) in [6.07, 6.45) is 8.32. The molecule has 2 atom stereocenters. The first-order valence-corrected chi connectivity index (χ1v) is 15.4. The molecule has 0 spiro atoms. The maximum absolute atomic E-state index is 12.3. The van der Waals surface area contributed by atoms with E-state index in [0.29, 0.717) is 6.79 Å². The molecular formula is C34H38O3S. The van der Waals surface area contributed by atoms with Gasteiger partial charge in [-0.3, -0.25) is 4.21 Å². The number of fused-ring (bicyclic) bond motifs is 1. The predicted molar refractivity (Wildman–Crippen MR) is 162 cm³/mol. The fourth-order valence-electron chi connectivity index (χ4n) is 5.39. The molecule has 38 heavy (non-hydrogen) atoms. The highest BCUT2D eigenvalue weighted by Gasteiger charge is 2.16. The van der Waals surface area contributed by atoms with Crippen LogP contribution in [0.1, 0.15) is 57.9 Å². The molecule has 1 aliphatic heterocycles. The average Bonchev–Trinajstić information content (AvgIpc) is 3.42. The fourth-order valence-corrected chi connectivity index (χ4v) is 6.66. The first-order chi connectivity index (χ1) is 18.6. The van der Waals surface area contributed by atoms with E-state index in [0.717, 1.165) is 30.1 Å². The summed E-state index contributed by atoms with van der Waals surface area (Å²) in [7, 11) is -0.743. The highest BCUT2D eigenvalue weighted by molar-refractivity contribution is 7.85. The van der Waals surface area contributed by atoms with Gasteiger partial charge in [0, 0.05) is 21.8 Å². The van der Waals surface area contributed by atoms with Crippen molar-refractivity contribution in [3.8, 4) is 11.5 Å². The SMILES string of the molecule is CCCCCCCCS(=O)C(C)Cc1ccc2c(c1)OCO2.c1cc2ccc3cccc4ccc(c1)c2c34. The summed E-state index contributed by atoms with van der Waals surface area (Å²) in [6, 6.07) is 27.9. The molecule has 4 heteroatoms. The van der Waals surface area contributed by atoms with Crippen molar-refractivity contribution in [2.75, 3.05) is 12.5 Å². The van der Waals surface area contributed by atoms with E-state index in [1.54, 1.807) is 0 Å². The molecule has 2 unspecified atom stereocenters. The Morgan fingerprint density at radius 2 is 1.26 bits per heavy atom. The molecule has 0 saturated carbocycles. The van der Waals surface area contributed by atoms with Crippen LogP contribution in [0.2, 0.25) is 0 Å².